The van der Waals surface area contributed by atoms with Crippen LogP contribution >= 0.6 is 0 Å². The lowest BCUT2D eigenvalue weighted by molar-refractivity contribution is -0.121. The van der Waals surface area contributed by atoms with Crippen LogP contribution in [0.2, 0.25) is 0 Å². The summed E-state index contributed by atoms with van der Waals surface area (Å²) in [5.74, 6) is 1.16. The van der Waals surface area contributed by atoms with E-state index in [2.05, 4.69) is 10.4 Å². The predicted octanol–water partition coefficient (Wildman–Crippen LogP) is 2.15. The van der Waals surface area contributed by atoms with Crippen molar-refractivity contribution in [1.82, 2.24) is 19.5 Å². The molecule has 0 saturated carbocycles. The van der Waals surface area contributed by atoms with Crippen molar-refractivity contribution in [3.63, 3.8) is 0 Å². The molecule has 0 unspecified atom stereocenters. The van der Waals surface area contributed by atoms with Crippen molar-refractivity contribution in [2.75, 3.05) is 20.3 Å². The molecular weight excluding hydrogens is 372 g/mol. The van der Waals surface area contributed by atoms with Gasteiger partial charge >= 0.3 is 0 Å². The zero-order valence-electron chi connectivity index (χ0n) is 17.4. The maximum Gasteiger partial charge on any atom is 0.291 e. The van der Waals surface area contributed by atoms with Gasteiger partial charge in [-0.2, -0.15) is 5.10 Å². The molecule has 0 saturated heterocycles. The number of hydrogen-bond acceptors (Lipinski definition) is 5. The minimum absolute atomic E-state index is 0.119. The van der Waals surface area contributed by atoms with Crippen molar-refractivity contribution < 1.29 is 14.3 Å². The minimum Gasteiger partial charge on any atom is -0.496 e. The standard InChI is InChI=1S/C21H28N4O4/c1-5-19-23-24(13-20(26)22-10-7-11-29-14(2)3)21(27)17-12-15-16(25(17)19)8-6-9-18(15)28-4/h6,8-9,12,14H,5,7,10-11,13H2,1-4H3,(H,22,26). The molecule has 0 spiro atoms. The Morgan fingerprint density at radius 2 is 2.07 bits per heavy atom. The first-order valence-electron chi connectivity index (χ1n) is 9.92. The number of fused-ring (bicyclic) bond motifs is 3. The molecule has 29 heavy (non-hydrogen) atoms. The maximum atomic E-state index is 13.0. The molecule has 1 aromatic carbocycles. The van der Waals surface area contributed by atoms with Gasteiger partial charge < -0.3 is 14.8 Å². The van der Waals surface area contributed by atoms with Crippen LogP contribution < -0.4 is 15.6 Å². The molecule has 0 aliphatic heterocycles. The van der Waals surface area contributed by atoms with Gasteiger partial charge in [-0.3, -0.25) is 14.0 Å². The SMILES string of the molecule is CCc1nn(CC(=O)NCCCOC(C)C)c(=O)c2cc3c(OC)cccc3n12. The molecule has 2 heterocycles. The largest absolute Gasteiger partial charge is 0.496 e. The van der Waals surface area contributed by atoms with Crippen LogP contribution in [0.3, 0.4) is 0 Å². The lowest BCUT2D eigenvalue weighted by Crippen LogP contribution is -2.35. The van der Waals surface area contributed by atoms with E-state index in [1.54, 1.807) is 13.2 Å². The molecule has 3 rings (SSSR count). The summed E-state index contributed by atoms with van der Waals surface area (Å²) in [7, 11) is 1.60. The fourth-order valence-corrected chi connectivity index (χ4v) is 3.33. The number of methoxy groups -OCH3 is 1. The Kier molecular flexibility index (Phi) is 6.53. The number of carbonyl (C=O) groups is 1. The highest BCUT2D eigenvalue weighted by atomic mass is 16.5. The molecule has 8 heteroatoms. The smallest absolute Gasteiger partial charge is 0.291 e. The third-order valence-corrected chi connectivity index (χ3v) is 4.68. The van der Waals surface area contributed by atoms with Gasteiger partial charge in [-0.15, -0.1) is 0 Å². The van der Waals surface area contributed by atoms with E-state index >= 15 is 0 Å². The first-order valence-corrected chi connectivity index (χ1v) is 9.92. The van der Waals surface area contributed by atoms with Crippen molar-refractivity contribution in [2.24, 2.45) is 0 Å². The second-order valence-electron chi connectivity index (χ2n) is 7.11. The fourth-order valence-electron chi connectivity index (χ4n) is 3.33. The van der Waals surface area contributed by atoms with Crippen LogP contribution in [0.25, 0.3) is 16.4 Å². The number of nitrogens with zero attached hydrogens (tertiary/aromatic N) is 3. The zero-order chi connectivity index (χ0) is 21.0. The molecule has 8 nitrogen and oxygen atoms in total. The highest BCUT2D eigenvalue weighted by molar-refractivity contribution is 5.92. The number of rotatable bonds is 9. The highest BCUT2D eigenvalue weighted by Crippen LogP contribution is 2.28. The molecule has 156 valence electrons. The normalized spacial score (nSPS) is 11.5. The monoisotopic (exact) mass is 400 g/mol. The van der Waals surface area contributed by atoms with Crippen LogP contribution in [0.5, 0.6) is 5.75 Å². The topological polar surface area (TPSA) is 86.9 Å². The van der Waals surface area contributed by atoms with Crippen LogP contribution in [-0.4, -0.2) is 46.5 Å². The maximum absolute atomic E-state index is 13.0. The molecule has 2 aromatic heterocycles. The summed E-state index contributed by atoms with van der Waals surface area (Å²) in [4.78, 5) is 25.3. The van der Waals surface area contributed by atoms with E-state index in [0.717, 1.165) is 17.3 Å². The molecule has 0 radical (unpaired) electrons. The molecule has 1 N–H and O–H groups in total. The Morgan fingerprint density at radius 3 is 2.76 bits per heavy atom. The number of ether oxygens (including phenoxy) is 2. The summed E-state index contributed by atoms with van der Waals surface area (Å²) >= 11 is 0. The summed E-state index contributed by atoms with van der Waals surface area (Å²) in [5, 5.41) is 8.11. The third kappa shape index (κ3) is 4.42. The van der Waals surface area contributed by atoms with Crippen LogP contribution in [0, 0.1) is 0 Å². The molecule has 0 aliphatic carbocycles. The van der Waals surface area contributed by atoms with Crippen molar-refractivity contribution in [3.05, 3.63) is 40.4 Å². The Morgan fingerprint density at radius 1 is 1.28 bits per heavy atom. The molecule has 0 aliphatic rings. The molecule has 1 amide bonds. The highest BCUT2D eigenvalue weighted by Gasteiger charge is 2.16. The van der Waals surface area contributed by atoms with Gasteiger partial charge in [0, 0.05) is 25.0 Å². The van der Waals surface area contributed by atoms with Gasteiger partial charge in [0.15, 0.2) is 0 Å². The number of aryl methyl sites for hydroxylation is 1. The van der Waals surface area contributed by atoms with E-state index in [1.807, 2.05) is 43.4 Å². The molecule has 0 bridgehead atoms. The first kappa shape index (κ1) is 20.9. The molecule has 0 atom stereocenters. The van der Waals surface area contributed by atoms with Crippen LogP contribution in [-0.2, 0) is 22.5 Å². The van der Waals surface area contributed by atoms with Crippen LogP contribution in [0.15, 0.2) is 29.1 Å². The number of benzene rings is 1. The Hall–Kier alpha value is -2.87. The van der Waals surface area contributed by atoms with Crippen LogP contribution in [0.1, 0.15) is 33.0 Å². The fraction of sp³-hybridized carbons (Fsp3) is 0.476. The van der Waals surface area contributed by atoms with E-state index in [-0.39, 0.29) is 24.1 Å². The summed E-state index contributed by atoms with van der Waals surface area (Å²) < 4.78 is 14.0. The van der Waals surface area contributed by atoms with E-state index in [4.69, 9.17) is 9.47 Å². The van der Waals surface area contributed by atoms with Gasteiger partial charge in [-0.25, -0.2) is 4.68 Å². The first-order chi connectivity index (χ1) is 14.0. The number of hydrogen-bond donors (Lipinski definition) is 1. The van der Waals surface area contributed by atoms with E-state index in [0.29, 0.717) is 36.7 Å². The Labute approximate surface area is 169 Å². The van der Waals surface area contributed by atoms with Crippen molar-refractivity contribution in [1.29, 1.82) is 0 Å². The predicted molar refractivity (Wildman–Crippen MR) is 112 cm³/mol. The van der Waals surface area contributed by atoms with Crippen molar-refractivity contribution in [3.8, 4) is 5.75 Å². The molecular formula is C21H28N4O4. The average molecular weight is 400 g/mol. The van der Waals surface area contributed by atoms with E-state index in [9.17, 15) is 9.59 Å². The van der Waals surface area contributed by atoms with Gasteiger partial charge in [0.2, 0.25) is 5.91 Å². The summed E-state index contributed by atoms with van der Waals surface area (Å²) in [6, 6.07) is 7.47. The lowest BCUT2D eigenvalue weighted by atomic mass is 10.2. The van der Waals surface area contributed by atoms with Gasteiger partial charge in [-0.05, 0) is 38.5 Å². The van der Waals surface area contributed by atoms with Gasteiger partial charge in [-0.1, -0.05) is 13.0 Å². The second-order valence-corrected chi connectivity index (χ2v) is 7.11. The quantitative estimate of drug-likeness (QED) is 0.556. The number of nitrogens with one attached hydrogen (secondary N) is 1. The Balaban J connectivity index is 1.86. The third-order valence-electron chi connectivity index (χ3n) is 4.68. The zero-order valence-corrected chi connectivity index (χ0v) is 17.4. The number of carbonyl (C=O) groups excluding carboxylic acids is 1. The van der Waals surface area contributed by atoms with Gasteiger partial charge in [0.05, 0.1) is 18.7 Å². The van der Waals surface area contributed by atoms with E-state index in [1.165, 1.54) is 4.68 Å². The van der Waals surface area contributed by atoms with Gasteiger partial charge in [0.25, 0.3) is 5.56 Å². The molecule has 3 aromatic rings. The minimum atomic E-state index is -0.307. The van der Waals surface area contributed by atoms with Crippen LogP contribution in [0.4, 0.5) is 0 Å². The summed E-state index contributed by atoms with van der Waals surface area (Å²) in [5.41, 5.74) is 1.04. The Bertz CT molecular complexity index is 1070. The van der Waals surface area contributed by atoms with Crippen molar-refractivity contribution >= 4 is 22.3 Å². The number of amides is 1. The van der Waals surface area contributed by atoms with Crippen molar-refractivity contribution in [2.45, 2.75) is 46.3 Å². The average Bonchev–Trinajstić information content (AvgIpc) is 3.10. The van der Waals surface area contributed by atoms with E-state index < -0.39 is 0 Å². The second kappa shape index (κ2) is 9.09. The number of aromatic nitrogens is 3. The lowest BCUT2D eigenvalue weighted by Gasteiger charge is -2.11. The summed E-state index contributed by atoms with van der Waals surface area (Å²) in [6.07, 6.45) is 1.50. The summed E-state index contributed by atoms with van der Waals surface area (Å²) in [6.45, 7) is 6.87. The molecule has 0 fully saturated rings. The van der Waals surface area contributed by atoms with Gasteiger partial charge in [0.1, 0.15) is 23.6 Å².